The Morgan fingerprint density at radius 2 is 1.84 bits per heavy atom. The van der Waals surface area contributed by atoms with E-state index in [4.69, 9.17) is 0 Å². The molecule has 0 atom stereocenters. The fraction of sp³-hybridized carbons (Fsp3) is 0.0769. The van der Waals surface area contributed by atoms with Crippen LogP contribution in [0, 0.1) is 11.6 Å². The maximum Gasteiger partial charge on any atom is 0.274 e. The minimum absolute atomic E-state index is 0.0409. The van der Waals surface area contributed by atoms with E-state index in [0.29, 0.717) is 5.82 Å². The lowest BCUT2D eigenvalue weighted by Crippen LogP contribution is -2.14. The number of anilines is 2. The lowest BCUT2D eigenvalue weighted by Gasteiger charge is -2.06. The summed E-state index contributed by atoms with van der Waals surface area (Å²) in [4.78, 5) is 15.9. The number of amides is 1. The van der Waals surface area contributed by atoms with Gasteiger partial charge in [0, 0.05) is 18.8 Å². The number of aromatic nitrogens is 1. The molecule has 0 aliphatic heterocycles. The monoisotopic (exact) mass is 263 g/mol. The first-order valence-corrected chi connectivity index (χ1v) is 5.51. The van der Waals surface area contributed by atoms with E-state index in [1.165, 1.54) is 6.07 Å². The normalized spacial score (nSPS) is 10.1. The number of hydrogen-bond acceptors (Lipinski definition) is 3. The van der Waals surface area contributed by atoms with Gasteiger partial charge in [-0.15, -0.1) is 0 Å². The zero-order chi connectivity index (χ0) is 13.8. The molecule has 0 saturated heterocycles. The molecule has 0 fully saturated rings. The summed E-state index contributed by atoms with van der Waals surface area (Å²) in [7, 11) is 1.67. The molecule has 98 valence electrons. The van der Waals surface area contributed by atoms with Crippen molar-refractivity contribution in [3.63, 3.8) is 0 Å². The molecular formula is C13H11F2N3O. The number of halogens is 2. The SMILES string of the molecule is CNc1cccc(C(=O)Nc2cc(F)cc(F)c2)n1. The molecule has 0 aliphatic carbocycles. The average Bonchev–Trinajstić information content (AvgIpc) is 2.37. The standard InChI is InChI=1S/C13H11F2N3O/c1-16-12-4-2-3-11(18-12)13(19)17-10-6-8(14)5-9(15)7-10/h2-7H,1H3,(H,16,18)(H,17,19). The number of rotatable bonds is 3. The Morgan fingerprint density at radius 1 is 1.16 bits per heavy atom. The van der Waals surface area contributed by atoms with Gasteiger partial charge >= 0.3 is 0 Å². The van der Waals surface area contributed by atoms with Crippen molar-refractivity contribution in [2.45, 2.75) is 0 Å². The molecule has 19 heavy (non-hydrogen) atoms. The molecule has 0 bridgehead atoms. The van der Waals surface area contributed by atoms with Gasteiger partial charge in [-0.1, -0.05) is 6.07 Å². The van der Waals surface area contributed by atoms with Gasteiger partial charge in [-0.25, -0.2) is 13.8 Å². The second-order valence-electron chi connectivity index (χ2n) is 3.77. The fourth-order valence-corrected chi connectivity index (χ4v) is 1.52. The molecule has 1 amide bonds. The second kappa shape index (κ2) is 5.43. The van der Waals surface area contributed by atoms with Gasteiger partial charge in [-0.05, 0) is 24.3 Å². The van der Waals surface area contributed by atoms with Crippen LogP contribution in [0.3, 0.4) is 0 Å². The predicted octanol–water partition coefficient (Wildman–Crippen LogP) is 2.65. The third-order valence-electron chi connectivity index (χ3n) is 2.36. The van der Waals surface area contributed by atoms with Crippen molar-refractivity contribution in [3.8, 4) is 0 Å². The Kier molecular flexibility index (Phi) is 3.70. The molecule has 0 spiro atoms. The van der Waals surface area contributed by atoms with Crippen molar-refractivity contribution in [2.24, 2.45) is 0 Å². The molecule has 2 aromatic rings. The van der Waals surface area contributed by atoms with Gasteiger partial charge in [0.05, 0.1) is 0 Å². The minimum atomic E-state index is -0.757. The number of nitrogens with one attached hydrogen (secondary N) is 2. The molecule has 0 unspecified atom stereocenters. The lowest BCUT2D eigenvalue weighted by atomic mass is 10.2. The molecule has 0 saturated carbocycles. The number of pyridine rings is 1. The summed E-state index contributed by atoms with van der Waals surface area (Å²) in [5.41, 5.74) is 0.190. The fourth-order valence-electron chi connectivity index (χ4n) is 1.52. The van der Waals surface area contributed by atoms with E-state index in [1.54, 1.807) is 19.2 Å². The van der Waals surface area contributed by atoms with Crippen LogP contribution < -0.4 is 10.6 Å². The highest BCUT2D eigenvalue weighted by Crippen LogP contribution is 2.14. The van der Waals surface area contributed by atoms with Crippen molar-refractivity contribution < 1.29 is 13.6 Å². The average molecular weight is 263 g/mol. The topological polar surface area (TPSA) is 54.0 Å². The summed E-state index contributed by atoms with van der Waals surface area (Å²) < 4.78 is 26.0. The van der Waals surface area contributed by atoms with Crippen molar-refractivity contribution in [2.75, 3.05) is 17.7 Å². The number of hydrogen-bond donors (Lipinski definition) is 2. The van der Waals surface area contributed by atoms with Crippen molar-refractivity contribution in [3.05, 3.63) is 53.7 Å². The van der Waals surface area contributed by atoms with Crippen molar-refractivity contribution in [1.29, 1.82) is 0 Å². The van der Waals surface area contributed by atoms with Crippen LogP contribution >= 0.6 is 0 Å². The number of benzene rings is 1. The first kappa shape index (κ1) is 12.9. The molecule has 0 radical (unpaired) electrons. The molecule has 2 N–H and O–H groups in total. The van der Waals surface area contributed by atoms with Crippen LogP contribution in [-0.2, 0) is 0 Å². The Balaban J connectivity index is 2.20. The number of carbonyl (C=O) groups is 1. The van der Waals surface area contributed by atoms with Gasteiger partial charge < -0.3 is 10.6 Å². The molecule has 2 rings (SSSR count). The van der Waals surface area contributed by atoms with Crippen molar-refractivity contribution in [1.82, 2.24) is 4.98 Å². The Labute approximate surface area is 108 Å². The van der Waals surface area contributed by atoms with Crippen LogP contribution in [0.2, 0.25) is 0 Å². The van der Waals surface area contributed by atoms with E-state index in [-0.39, 0.29) is 11.4 Å². The van der Waals surface area contributed by atoms with Crippen molar-refractivity contribution >= 4 is 17.4 Å². The third kappa shape index (κ3) is 3.25. The van der Waals surface area contributed by atoms with Gasteiger partial charge in [0.15, 0.2) is 0 Å². The number of carbonyl (C=O) groups excluding carboxylic acids is 1. The Hall–Kier alpha value is -2.50. The Morgan fingerprint density at radius 3 is 2.47 bits per heavy atom. The maximum atomic E-state index is 13.0. The van der Waals surface area contributed by atoms with Gasteiger partial charge in [-0.3, -0.25) is 4.79 Å². The van der Waals surface area contributed by atoms with E-state index in [1.807, 2.05) is 0 Å². The summed E-state index contributed by atoms with van der Waals surface area (Å²) in [5, 5.41) is 5.18. The highest BCUT2D eigenvalue weighted by molar-refractivity contribution is 6.03. The summed E-state index contributed by atoms with van der Waals surface area (Å²) in [6, 6.07) is 7.64. The predicted molar refractivity (Wildman–Crippen MR) is 68.1 cm³/mol. The lowest BCUT2D eigenvalue weighted by molar-refractivity contribution is 0.102. The quantitative estimate of drug-likeness (QED) is 0.895. The van der Waals surface area contributed by atoms with E-state index < -0.39 is 17.5 Å². The molecule has 1 aromatic heterocycles. The second-order valence-corrected chi connectivity index (χ2v) is 3.77. The van der Waals surface area contributed by atoms with Crippen LogP contribution in [0.25, 0.3) is 0 Å². The summed E-state index contributed by atoms with van der Waals surface area (Å²) in [5.74, 6) is -1.53. The molecule has 0 aliphatic rings. The molecule has 6 heteroatoms. The first-order chi connectivity index (χ1) is 9.08. The highest BCUT2D eigenvalue weighted by atomic mass is 19.1. The van der Waals surface area contributed by atoms with E-state index in [2.05, 4.69) is 15.6 Å². The van der Waals surface area contributed by atoms with E-state index in [9.17, 15) is 13.6 Å². The van der Waals surface area contributed by atoms with Crippen LogP contribution in [0.4, 0.5) is 20.3 Å². The highest BCUT2D eigenvalue weighted by Gasteiger charge is 2.09. The van der Waals surface area contributed by atoms with E-state index >= 15 is 0 Å². The Bertz CT molecular complexity index is 596. The van der Waals surface area contributed by atoms with Crippen LogP contribution in [-0.4, -0.2) is 17.9 Å². The summed E-state index contributed by atoms with van der Waals surface area (Å²) >= 11 is 0. The van der Waals surface area contributed by atoms with Gasteiger partial charge in [-0.2, -0.15) is 0 Å². The zero-order valence-electron chi connectivity index (χ0n) is 10.1. The molecule has 1 heterocycles. The summed E-state index contributed by atoms with van der Waals surface area (Å²) in [6.45, 7) is 0. The largest absolute Gasteiger partial charge is 0.373 e. The summed E-state index contributed by atoms with van der Waals surface area (Å²) in [6.07, 6.45) is 0. The maximum absolute atomic E-state index is 13.0. The van der Waals surface area contributed by atoms with E-state index in [0.717, 1.165) is 18.2 Å². The van der Waals surface area contributed by atoms with Crippen LogP contribution in [0.5, 0.6) is 0 Å². The van der Waals surface area contributed by atoms with Crippen LogP contribution in [0.15, 0.2) is 36.4 Å². The van der Waals surface area contributed by atoms with Crippen LogP contribution in [0.1, 0.15) is 10.5 Å². The first-order valence-electron chi connectivity index (χ1n) is 5.51. The number of nitrogens with zero attached hydrogens (tertiary/aromatic N) is 1. The molecular weight excluding hydrogens is 252 g/mol. The van der Waals surface area contributed by atoms with Gasteiger partial charge in [0.1, 0.15) is 23.1 Å². The minimum Gasteiger partial charge on any atom is -0.373 e. The van der Waals surface area contributed by atoms with Gasteiger partial charge in [0.2, 0.25) is 0 Å². The molecule has 1 aromatic carbocycles. The zero-order valence-corrected chi connectivity index (χ0v) is 10.1. The third-order valence-corrected chi connectivity index (χ3v) is 2.36. The smallest absolute Gasteiger partial charge is 0.274 e. The van der Waals surface area contributed by atoms with Gasteiger partial charge in [0.25, 0.3) is 5.91 Å². The molecule has 4 nitrogen and oxygen atoms in total.